The van der Waals surface area contributed by atoms with Crippen LogP contribution in [0.5, 0.6) is 11.5 Å². The predicted octanol–water partition coefficient (Wildman–Crippen LogP) is 4.55. The van der Waals surface area contributed by atoms with Crippen LogP contribution in [0.4, 0.5) is 14.4 Å². The van der Waals surface area contributed by atoms with Crippen molar-refractivity contribution in [3.8, 4) is 11.5 Å². The lowest BCUT2D eigenvalue weighted by molar-refractivity contribution is -0.143. The average molecular weight is 542 g/mol. The van der Waals surface area contributed by atoms with Crippen LogP contribution in [0, 0.1) is 0 Å². The Morgan fingerprint density at radius 1 is 0.737 bits per heavy atom. The molecule has 12 nitrogen and oxygen atoms in total. The third-order valence-corrected chi connectivity index (χ3v) is 4.85. The molecule has 1 N–H and O–H groups in total. The molecule has 0 fully saturated rings. The van der Waals surface area contributed by atoms with E-state index in [0.29, 0.717) is 18.4 Å². The number of nitrogens with one attached hydrogen (secondary N) is 1. The molecular weight excluding hydrogens is 502 g/mol. The summed E-state index contributed by atoms with van der Waals surface area (Å²) in [5, 5.41) is 2.96. The van der Waals surface area contributed by atoms with Crippen molar-refractivity contribution in [3.63, 3.8) is 0 Å². The van der Waals surface area contributed by atoms with Gasteiger partial charge in [-0.15, -0.1) is 0 Å². The SMILES string of the molecule is CCCCCOC(=O)OCCN[C@@H](Cc1ccc(OC(=O)OCCC)c(OC(=O)OCCC)c1)C(=O)OC. The first-order valence-electron chi connectivity index (χ1n) is 12.8. The van der Waals surface area contributed by atoms with Crippen LogP contribution in [0.25, 0.3) is 0 Å². The monoisotopic (exact) mass is 541 g/mol. The number of rotatable bonds is 17. The van der Waals surface area contributed by atoms with Gasteiger partial charge < -0.3 is 38.5 Å². The summed E-state index contributed by atoms with van der Waals surface area (Å²) in [5.74, 6) is -0.702. The number of unbranched alkanes of at least 4 members (excludes halogenated alkanes) is 2. The Balaban J connectivity index is 2.84. The van der Waals surface area contributed by atoms with Gasteiger partial charge >= 0.3 is 24.4 Å². The Bertz CT molecular complexity index is 875. The molecule has 0 saturated heterocycles. The van der Waals surface area contributed by atoms with E-state index in [0.717, 1.165) is 19.3 Å². The van der Waals surface area contributed by atoms with Gasteiger partial charge in [-0.1, -0.05) is 39.7 Å². The highest BCUT2D eigenvalue weighted by Gasteiger charge is 2.22. The molecule has 0 aromatic heterocycles. The summed E-state index contributed by atoms with van der Waals surface area (Å²) in [5.41, 5.74) is 0.553. The summed E-state index contributed by atoms with van der Waals surface area (Å²) < 4.78 is 35.1. The van der Waals surface area contributed by atoms with Crippen molar-refractivity contribution in [1.29, 1.82) is 0 Å². The highest BCUT2D eigenvalue weighted by molar-refractivity contribution is 5.76. The van der Waals surface area contributed by atoms with Crippen LogP contribution in [0.3, 0.4) is 0 Å². The summed E-state index contributed by atoms with van der Waals surface area (Å²) in [6, 6.07) is 3.63. The second-order valence-corrected chi connectivity index (χ2v) is 8.07. The van der Waals surface area contributed by atoms with Crippen molar-refractivity contribution in [2.24, 2.45) is 0 Å². The van der Waals surface area contributed by atoms with Crippen molar-refractivity contribution >= 4 is 24.4 Å². The maximum Gasteiger partial charge on any atom is 0.513 e. The molecule has 12 heteroatoms. The van der Waals surface area contributed by atoms with Gasteiger partial charge in [-0.3, -0.25) is 4.79 Å². The normalized spacial score (nSPS) is 11.2. The van der Waals surface area contributed by atoms with Gasteiger partial charge in [-0.2, -0.15) is 0 Å². The topological polar surface area (TPSA) is 145 Å². The van der Waals surface area contributed by atoms with Crippen LogP contribution < -0.4 is 14.8 Å². The summed E-state index contributed by atoms with van der Waals surface area (Å²) in [6.45, 7) is 6.44. The van der Waals surface area contributed by atoms with Crippen molar-refractivity contribution in [1.82, 2.24) is 5.32 Å². The number of esters is 1. The molecule has 38 heavy (non-hydrogen) atoms. The van der Waals surface area contributed by atoms with Crippen LogP contribution in [0.2, 0.25) is 0 Å². The van der Waals surface area contributed by atoms with E-state index in [1.54, 1.807) is 6.07 Å². The first-order valence-corrected chi connectivity index (χ1v) is 12.8. The van der Waals surface area contributed by atoms with Crippen LogP contribution in [0.15, 0.2) is 18.2 Å². The summed E-state index contributed by atoms with van der Waals surface area (Å²) >= 11 is 0. The van der Waals surface area contributed by atoms with Crippen molar-refractivity contribution in [2.45, 2.75) is 65.3 Å². The minimum absolute atomic E-state index is 0.0234. The van der Waals surface area contributed by atoms with Gasteiger partial charge in [-0.05, 0) is 43.4 Å². The standard InChI is InChI=1S/C26H39NO11/c1-5-8-9-15-35-24(29)36-16-12-27-20(23(28)32-4)17-19-10-11-21(37-25(30)33-13-6-2)22(18-19)38-26(31)34-14-7-3/h10-11,18,20,27H,5-9,12-17H2,1-4H3/t20-/m0/s1. The lowest BCUT2D eigenvalue weighted by atomic mass is 10.1. The highest BCUT2D eigenvalue weighted by atomic mass is 16.7. The van der Waals surface area contributed by atoms with Crippen molar-refractivity contribution < 1.29 is 52.3 Å². The largest absolute Gasteiger partial charge is 0.513 e. The predicted molar refractivity (Wildman–Crippen MR) is 135 cm³/mol. The minimum Gasteiger partial charge on any atom is -0.468 e. The number of carbonyl (C=O) groups is 4. The minimum atomic E-state index is -0.975. The Morgan fingerprint density at radius 2 is 1.34 bits per heavy atom. The molecule has 0 aliphatic heterocycles. The third kappa shape index (κ3) is 13.7. The quantitative estimate of drug-likeness (QED) is 0.128. The zero-order valence-electron chi connectivity index (χ0n) is 22.6. The first-order chi connectivity index (χ1) is 18.3. The number of hydrogen-bond donors (Lipinski definition) is 1. The number of benzene rings is 1. The molecule has 0 aliphatic rings. The summed E-state index contributed by atoms with van der Waals surface area (Å²) in [7, 11) is 1.25. The van der Waals surface area contributed by atoms with E-state index in [1.807, 2.05) is 20.8 Å². The van der Waals surface area contributed by atoms with Crippen molar-refractivity contribution in [3.05, 3.63) is 23.8 Å². The zero-order chi connectivity index (χ0) is 28.2. The van der Waals surface area contributed by atoms with Gasteiger partial charge in [0.05, 0.1) is 26.9 Å². The molecule has 0 spiro atoms. The van der Waals surface area contributed by atoms with Crippen LogP contribution in [0.1, 0.15) is 58.4 Å². The molecule has 1 aromatic rings. The second kappa shape index (κ2) is 19.6. The molecule has 214 valence electrons. The van der Waals surface area contributed by atoms with E-state index in [9.17, 15) is 19.2 Å². The van der Waals surface area contributed by atoms with Gasteiger partial charge in [0.15, 0.2) is 11.5 Å². The van der Waals surface area contributed by atoms with E-state index in [2.05, 4.69) is 5.32 Å². The third-order valence-electron chi connectivity index (χ3n) is 4.85. The number of carbonyl (C=O) groups excluding carboxylic acids is 4. The molecule has 0 amide bonds. The molecule has 0 heterocycles. The fourth-order valence-corrected chi connectivity index (χ4v) is 2.99. The molecule has 1 aromatic carbocycles. The van der Waals surface area contributed by atoms with Crippen LogP contribution in [-0.4, -0.2) is 70.6 Å². The van der Waals surface area contributed by atoms with Gasteiger partial charge in [-0.25, -0.2) is 14.4 Å². The van der Waals surface area contributed by atoms with E-state index in [4.69, 9.17) is 33.2 Å². The molecule has 0 saturated carbocycles. The van der Waals surface area contributed by atoms with E-state index >= 15 is 0 Å². The first kappa shape index (κ1) is 32.5. The lowest BCUT2D eigenvalue weighted by Crippen LogP contribution is -2.41. The molecule has 0 unspecified atom stereocenters. The average Bonchev–Trinajstić information content (AvgIpc) is 2.91. The molecule has 0 aliphatic carbocycles. The second-order valence-electron chi connectivity index (χ2n) is 8.07. The maximum atomic E-state index is 12.3. The van der Waals surface area contributed by atoms with Crippen molar-refractivity contribution in [2.75, 3.05) is 40.1 Å². The highest BCUT2D eigenvalue weighted by Crippen LogP contribution is 2.30. The van der Waals surface area contributed by atoms with E-state index in [1.165, 1.54) is 19.2 Å². The number of ether oxygens (including phenoxy) is 7. The fraction of sp³-hybridized carbons (Fsp3) is 0.615. The zero-order valence-corrected chi connectivity index (χ0v) is 22.6. The Labute approximate surface area is 223 Å². The Hall–Kier alpha value is -3.54. The fourth-order valence-electron chi connectivity index (χ4n) is 2.99. The molecule has 1 atom stereocenters. The summed E-state index contributed by atoms with van der Waals surface area (Å²) in [4.78, 5) is 47.9. The van der Waals surface area contributed by atoms with E-state index in [-0.39, 0.29) is 50.9 Å². The van der Waals surface area contributed by atoms with Gasteiger partial charge in [0, 0.05) is 6.54 Å². The van der Waals surface area contributed by atoms with Crippen LogP contribution >= 0.6 is 0 Å². The number of hydrogen-bond acceptors (Lipinski definition) is 12. The van der Waals surface area contributed by atoms with Gasteiger partial charge in [0.25, 0.3) is 0 Å². The Morgan fingerprint density at radius 3 is 1.95 bits per heavy atom. The Kier molecular flexibility index (Phi) is 16.7. The lowest BCUT2D eigenvalue weighted by Gasteiger charge is -2.18. The van der Waals surface area contributed by atoms with Gasteiger partial charge in [0.1, 0.15) is 12.6 Å². The smallest absolute Gasteiger partial charge is 0.468 e. The maximum absolute atomic E-state index is 12.3. The molecular formula is C26H39NO11. The van der Waals surface area contributed by atoms with E-state index < -0.39 is 30.5 Å². The van der Waals surface area contributed by atoms with Crippen LogP contribution in [-0.2, 0) is 34.9 Å². The number of methoxy groups -OCH3 is 1. The molecule has 1 rings (SSSR count). The summed E-state index contributed by atoms with van der Waals surface area (Å²) in [6.07, 6.45) is 1.34. The molecule has 0 radical (unpaired) electrons. The molecule has 0 bridgehead atoms. The van der Waals surface area contributed by atoms with Gasteiger partial charge in [0.2, 0.25) is 0 Å².